The summed E-state index contributed by atoms with van der Waals surface area (Å²) in [6, 6.07) is 4.92. The quantitative estimate of drug-likeness (QED) is 0.692. The standard InChI is InChI=1S/C17H20F3N3O3S2/c1-10(2)8-13(23-28(25,26)12-6-4-11(3)5-7-12)15(24)22-16-21-14(9-27-16)17(18,19)20/h4-7,9-10,13,23H,8H2,1-3H3,(H,21,22,24). The number of aryl methyl sites for hydroxylation is 1. The Morgan fingerprint density at radius 1 is 1.21 bits per heavy atom. The Labute approximate surface area is 165 Å². The van der Waals surface area contributed by atoms with E-state index in [4.69, 9.17) is 0 Å². The normalized spacial score (nSPS) is 13.5. The monoisotopic (exact) mass is 435 g/mol. The van der Waals surface area contributed by atoms with E-state index < -0.39 is 33.8 Å². The molecule has 2 aromatic rings. The second-order valence-electron chi connectivity index (χ2n) is 6.64. The maximum atomic E-state index is 12.6. The summed E-state index contributed by atoms with van der Waals surface area (Å²) >= 11 is 0.617. The summed E-state index contributed by atoms with van der Waals surface area (Å²) in [6.45, 7) is 5.40. The molecule has 1 heterocycles. The lowest BCUT2D eigenvalue weighted by molar-refractivity contribution is -0.140. The van der Waals surface area contributed by atoms with Gasteiger partial charge in [-0.25, -0.2) is 13.4 Å². The van der Waals surface area contributed by atoms with E-state index in [-0.39, 0.29) is 22.4 Å². The van der Waals surface area contributed by atoms with Gasteiger partial charge in [-0.3, -0.25) is 4.79 Å². The highest BCUT2D eigenvalue weighted by molar-refractivity contribution is 7.89. The van der Waals surface area contributed by atoms with Crippen LogP contribution in [0.25, 0.3) is 0 Å². The van der Waals surface area contributed by atoms with E-state index in [9.17, 15) is 26.4 Å². The van der Waals surface area contributed by atoms with Gasteiger partial charge in [-0.15, -0.1) is 11.3 Å². The first-order valence-corrected chi connectivity index (χ1v) is 10.7. The smallest absolute Gasteiger partial charge is 0.301 e. The molecule has 1 atom stereocenters. The Morgan fingerprint density at radius 3 is 2.32 bits per heavy atom. The number of anilines is 1. The Hall–Kier alpha value is -1.98. The fourth-order valence-corrected chi connectivity index (χ4v) is 4.24. The number of hydrogen-bond donors (Lipinski definition) is 2. The SMILES string of the molecule is Cc1ccc(S(=O)(=O)NC(CC(C)C)C(=O)Nc2nc(C(F)(F)F)cs2)cc1. The van der Waals surface area contributed by atoms with E-state index in [1.54, 1.807) is 26.0 Å². The number of carbonyl (C=O) groups is 1. The molecule has 0 aliphatic carbocycles. The maximum absolute atomic E-state index is 12.6. The molecule has 6 nitrogen and oxygen atoms in total. The van der Waals surface area contributed by atoms with Crippen LogP contribution in [0.15, 0.2) is 34.5 Å². The van der Waals surface area contributed by atoms with Crippen molar-refractivity contribution in [2.75, 3.05) is 5.32 Å². The summed E-state index contributed by atoms with van der Waals surface area (Å²) in [7, 11) is -3.99. The van der Waals surface area contributed by atoms with Crippen molar-refractivity contribution in [2.24, 2.45) is 5.92 Å². The van der Waals surface area contributed by atoms with Crippen molar-refractivity contribution in [1.82, 2.24) is 9.71 Å². The van der Waals surface area contributed by atoms with Gasteiger partial charge >= 0.3 is 6.18 Å². The van der Waals surface area contributed by atoms with Crippen LogP contribution in [0.1, 0.15) is 31.5 Å². The van der Waals surface area contributed by atoms with Gasteiger partial charge < -0.3 is 5.32 Å². The first-order valence-electron chi connectivity index (χ1n) is 8.31. The molecule has 28 heavy (non-hydrogen) atoms. The third kappa shape index (κ3) is 6.01. The lowest BCUT2D eigenvalue weighted by Gasteiger charge is -2.19. The van der Waals surface area contributed by atoms with Gasteiger partial charge in [0.1, 0.15) is 6.04 Å². The third-order valence-corrected chi connectivity index (χ3v) is 5.92. The summed E-state index contributed by atoms with van der Waals surface area (Å²) in [5.41, 5.74) is -0.242. The van der Waals surface area contributed by atoms with Crippen LogP contribution in [-0.4, -0.2) is 25.4 Å². The summed E-state index contributed by atoms with van der Waals surface area (Å²) in [4.78, 5) is 15.8. The van der Waals surface area contributed by atoms with E-state index in [1.807, 2.05) is 6.92 Å². The van der Waals surface area contributed by atoms with Crippen molar-refractivity contribution < 1.29 is 26.4 Å². The van der Waals surface area contributed by atoms with E-state index in [0.29, 0.717) is 11.3 Å². The molecule has 0 spiro atoms. The summed E-state index contributed by atoms with van der Waals surface area (Å²) in [5.74, 6) is -0.814. The lowest BCUT2D eigenvalue weighted by atomic mass is 10.0. The number of sulfonamides is 1. The summed E-state index contributed by atoms with van der Waals surface area (Å²) in [5, 5.41) is 2.80. The molecule has 11 heteroatoms. The van der Waals surface area contributed by atoms with Gasteiger partial charge in [0.25, 0.3) is 0 Å². The number of carbonyl (C=O) groups excluding carboxylic acids is 1. The van der Waals surface area contributed by atoms with Crippen molar-refractivity contribution in [3.8, 4) is 0 Å². The van der Waals surface area contributed by atoms with E-state index in [0.717, 1.165) is 10.9 Å². The molecule has 1 aromatic heterocycles. The summed E-state index contributed by atoms with van der Waals surface area (Å²) < 4.78 is 65.4. The predicted octanol–water partition coefficient (Wildman–Crippen LogP) is 3.80. The molecule has 0 radical (unpaired) electrons. The average molecular weight is 435 g/mol. The van der Waals surface area contributed by atoms with Gasteiger partial charge in [0.15, 0.2) is 10.8 Å². The van der Waals surface area contributed by atoms with Gasteiger partial charge in [-0.1, -0.05) is 31.5 Å². The molecule has 0 saturated carbocycles. The number of rotatable bonds is 7. The van der Waals surface area contributed by atoms with Crippen LogP contribution < -0.4 is 10.0 Å². The zero-order chi connectivity index (χ0) is 21.1. The van der Waals surface area contributed by atoms with Crippen molar-refractivity contribution in [2.45, 2.75) is 44.3 Å². The highest BCUT2D eigenvalue weighted by Gasteiger charge is 2.34. The number of nitrogens with zero attached hydrogens (tertiary/aromatic N) is 1. The molecule has 1 aromatic carbocycles. The second kappa shape index (κ2) is 8.58. The minimum Gasteiger partial charge on any atom is -0.301 e. The number of amides is 1. The Bertz CT molecular complexity index is 923. The predicted molar refractivity (Wildman–Crippen MR) is 100 cm³/mol. The Balaban J connectivity index is 2.19. The molecular weight excluding hydrogens is 415 g/mol. The Morgan fingerprint density at radius 2 is 1.82 bits per heavy atom. The zero-order valence-corrected chi connectivity index (χ0v) is 17.0. The van der Waals surface area contributed by atoms with Crippen LogP contribution in [0.2, 0.25) is 0 Å². The topological polar surface area (TPSA) is 88.2 Å². The average Bonchev–Trinajstić information content (AvgIpc) is 3.02. The number of hydrogen-bond acceptors (Lipinski definition) is 5. The highest BCUT2D eigenvalue weighted by Crippen LogP contribution is 2.31. The van der Waals surface area contributed by atoms with Gasteiger partial charge in [0.05, 0.1) is 4.90 Å². The van der Waals surface area contributed by atoms with Crippen LogP contribution in [-0.2, 0) is 21.0 Å². The van der Waals surface area contributed by atoms with Crippen molar-refractivity contribution in [3.63, 3.8) is 0 Å². The maximum Gasteiger partial charge on any atom is 0.434 e. The first kappa shape index (κ1) is 22.3. The van der Waals surface area contributed by atoms with E-state index in [1.165, 1.54) is 12.1 Å². The van der Waals surface area contributed by atoms with Crippen LogP contribution in [0.3, 0.4) is 0 Å². The van der Waals surface area contributed by atoms with Crippen LogP contribution in [0, 0.1) is 12.8 Å². The molecular formula is C17H20F3N3O3S2. The molecule has 2 N–H and O–H groups in total. The zero-order valence-electron chi connectivity index (χ0n) is 15.4. The molecule has 2 rings (SSSR count). The van der Waals surface area contributed by atoms with Crippen molar-refractivity contribution in [1.29, 1.82) is 0 Å². The third-order valence-electron chi connectivity index (χ3n) is 3.68. The highest BCUT2D eigenvalue weighted by atomic mass is 32.2. The number of benzene rings is 1. The van der Waals surface area contributed by atoms with Gasteiger partial charge in [0, 0.05) is 5.38 Å². The second-order valence-corrected chi connectivity index (χ2v) is 9.21. The molecule has 1 amide bonds. The minimum absolute atomic E-state index is 0.00624. The number of nitrogens with one attached hydrogen (secondary N) is 2. The molecule has 154 valence electrons. The molecule has 0 fully saturated rings. The van der Waals surface area contributed by atoms with Gasteiger partial charge in [-0.2, -0.15) is 17.9 Å². The first-order chi connectivity index (χ1) is 12.9. The molecule has 0 saturated heterocycles. The number of alkyl halides is 3. The molecule has 1 unspecified atom stereocenters. The van der Waals surface area contributed by atoms with Crippen molar-refractivity contribution >= 4 is 32.4 Å². The van der Waals surface area contributed by atoms with E-state index in [2.05, 4.69) is 15.0 Å². The fraction of sp³-hybridized carbons (Fsp3) is 0.412. The molecule has 0 bridgehead atoms. The van der Waals surface area contributed by atoms with Crippen LogP contribution >= 0.6 is 11.3 Å². The summed E-state index contributed by atoms with van der Waals surface area (Å²) in [6.07, 6.45) is -4.46. The van der Waals surface area contributed by atoms with Crippen molar-refractivity contribution in [3.05, 3.63) is 40.9 Å². The van der Waals surface area contributed by atoms with Crippen LogP contribution in [0.5, 0.6) is 0 Å². The minimum atomic E-state index is -4.62. The number of thiazole rings is 1. The fourth-order valence-electron chi connectivity index (χ4n) is 2.31. The number of halogens is 3. The lowest BCUT2D eigenvalue weighted by Crippen LogP contribution is -2.44. The van der Waals surface area contributed by atoms with E-state index >= 15 is 0 Å². The largest absolute Gasteiger partial charge is 0.434 e. The van der Waals surface area contributed by atoms with Crippen LogP contribution in [0.4, 0.5) is 18.3 Å². The number of aromatic nitrogens is 1. The molecule has 0 aliphatic rings. The Kier molecular flexibility index (Phi) is 6.84. The molecule has 0 aliphatic heterocycles. The van der Waals surface area contributed by atoms with Gasteiger partial charge in [-0.05, 0) is 31.4 Å². The van der Waals surface area contributed by atoms with Gasteiger partial charge in [0.2, 0.25) is 15.9 Å².